The lowest BCUT2D eigenvalue weighted by molar-refractivity contribution is -0.655. The fourth-order valence-electron chi connectivity index (χ4n) is 7.15. The molecule has 0 aliphatic heterocycles. The summed E-state index contributed by atoms with van der Waals surface area (Å²) in [7, 11) is -4.94. The molecule has 0 amide bonds. The van der Waals surface area contributed by atoms with Crippen molar-refractivity contribution in [3.63, 3.8) is 0 Å². The van der Waals surface area contributed by atoms with Gasteiger partial charge in [-0.25, -0.2) is 0 Å². The van der Waals surface area contributed by atoms with Crippen molar-refractivity contribution in [2.24, 2.45) is 0 Å². The third-order valence-electron chi connectivity index (χ3n) is 11.0. The van der Waals surface area contributed by atoms with E-state index in [2.05, 4.69) is 38.3 Å². The maximum Gasteiger partial charge on any atom is 0.273 e. The first kappa shape index (κ1) is 61.1. The highest BCUT2D eigenvalue weighted by Crippen LogP contribution is 2.12. The molecule has 0 saturated carbocycles. The number of unbranched alkanes of at least 4 members (excludes halogenated alkanes) is 32. The molecule has 5 N–H and O–H groups in total. The number of carbonyl (C=O) groups excluding carboxylic acids is 2. The van der Waals surface area contributed by atoms with Gasteiger partial charge >= 0.3 is 0 Å². The first-order chi connectivity index (χ1) is 28.1. The minimum Gasteiger partial charge on any atom is -0.550 e. The van der Waals surface area contributed by atoms with Gasteiger partial charge in [-0.2, -0.15) is 8.42 Å². The molecule has 0 rings (SSSR count). The average Bonchev–Trinajstić information content (AvgIpc) is 3.18. The zero-order chi connectivity index (χ0) is 43.6. The van der Waals surface area contributed by atoms with E-state index in [9.17, 15) is 28.2 Å². The number of nitrogens with two attached hydrogens (primary N) is 2. The van der Waals surface area contributed by atoms with Gasteiger partial charge in [0.2, 0.25) is 0 Å². The summed E-state index contributed by atoms with van der Waals surface area (Å²) >= 11 is 0. The van der Waals surface area contributed by atoms with Gasteiger partial charge in [-0.15, -0.1) is 0 Å². The van der Waals surface area contributed by atoms with Gasteiger partial charge in [-0.1, -0.05) is 207 Å². The number of carbonyl (C=O) groups is 2. The van der Waals surface area contributed by atoms with E-state index in [-0.39, 0.29) is 0 Å². The van der Waals surface area contributed by atoms with E-state index in [0.717, 1.165) is 0 Å². The Morgan fingerprint density at radius 3 is 0.724 bits per heavy atom. The minimum absolute atomic E-state index is 1.33. The van der Waals surface area contributed by atoms with Gasteiger partial charge in [-0.3, -0.25) is 4.55 Å². The van der Waals surface area contributed by atoms with Crippen LogP contribution in [0.25, 0.3) is 0 Å². The predicted octanol–water partition coefficient (Wildman–Crippen LogP) is 9.36. The molecule has 0 aliphatic rings. The fourth-order valence-corrected chi connectivity index (χ4v) is 7.74. The third-order valence-corrected chi connectivity index (χ3v) is 12.1. The molecule has 0 aliphatic carbocycles. The molecule has 1 atom stereocenters. The summed E-state index contributed by atoms with van der Waals surface area (Å²) < 4.78 is 28.5. The highest BCUT2D eigenvalue weighted by molar-refractivity contribution is 7.87. The summed E-state index contributed by atoms with van der Waals surface area (Å²) in [6.07, 6.45) is 50.9. The molecule has 0 fully saturated rings. The van der Waals surface area contributed by atoms with Crippen molar-refractivity contribution in [3.8, 4) is 0 Å². The van der Waals surface area contributed by atoms with Crippen LogP contribution in [0.3, 0.4) is 0 Å². The molecule has 0 saturated heterocycles. The highest BCUT2D eigenvalue weighted by atomic mass is 32.2. The molecular formula is C48H100N2O7S. The Hall–Kier alpha value is -1.23. The van der Waals surface area contributed by atoms with E-state index >= 15 is 0 Å². The molecule has 58 heavy (non-hydrogen) atoms. The zero-order valence-corrected chi connectivity index (χ0v) is 39.8. The molecule has 10 heteroatoms. The first-order valence-corrected chi connectivity index (χ1v) is 26.6. The van der Waals surface area contributed by atoms with E-state index in [1.165, 1.54) is 257 Å². The maximum atomic E-state index is 10.2. The second-order valence-electron chi connectivity index (χ2n) is 16.9. The molecule has 0 aromatic rings. The van der Waals surface area contributed by atoms with Crippen LogP contribution in [0.15, 0.2) is 0 Å². The van der Waals surface area contributed by atoms with Gasteiger partial charge in [0.15, 0.2) is 0 Å². The highest BCUT2D eigenvalue weighted by Gasteiger charge is 2.24. The first-order valence-electron chi connectivity index (χ1n) is 25.1. The van der Waals surface area contributed by atoms with E-state index < -0.39 is 33.7 Å². The van der Waals surface area contributed by atoms with E-state index in [4.69, 9.17) is 4.55 Å². The fraction of sp³-hybridized carbons (Fsp3) is 0.958. The number of aliphatic carboxylic acids is 2. The van der Waals surface area contributed by atoms with Crippen LogP contribution in [-0.2, 0) is 19.7 Å². The number of quaternary nitrogens is 2. The van der Waals surface area contributed by atoms with E-state index in [1.54, 1.807) is 0 Å². The van der Waals surface area contributed by atoms with Crippen LogP contribution in [-0.4, -0.2) is 56.3 Å². The molecule has 1 unspecified atom stereocenters. The second kappa shape index (κ2) is 51.9. The molecule has 350 valence electrons. The Labute approximate surface area is 361 Å². The SMILES string of the molecule is CCCCCCCCCCC[NH2+]CCCCCCCCCCC.CCCCCCCCCCC[NH2+]CCCCCCCCCCC.O=C([O-])CC(C(=O)[O-])S(=O)(=O)O. The lowest BCUT2D eigenvalue weighted by Gasteiger charge is -2.14. The smallest absolute Gasteiger partial charge is 0.273 e. The zero-order valence-electron chi connectivity index (χ0n) is 39.0. The molecule has 0 radical (unpaired) electrons. The van der Waals surface area contributed by atoms with Gasteiger partial charge in [-0.05, 0) is 51.4 Å². The third kappa shape index (κ3) is 56.9. The van der Waals surface area contributed by atoms with Crippen LogP contribution in [0, 0.1) is 0 Å². The summed E-state index contributed by atoms with van der Waals surface area (Å²) in [5.41, 5.74) is 0. The van der Waals surface area contributed by atoms with Crippen LogP contribution in [0.4, 0.5) is 0 Å². The van der Waals surface area contributed by atoms with Gasteiger partial charge in [0.1, 0.15) is 5.25 Å². The van der Waals surface area contributed by atoms with Crippen molar-refractivity contribution in [1.82, 2.24) is 0 Å². The molecule has 9 nitrogen and oxygen atoms in total. The molecule has 0 aromatic carbocycles. The average molecular weight is 849 g/mol. The number of hydrogen-bond donors (Lipinski definition) is 3. The molecule has 0 aromatic heterocycles. The normalized spacial score (nSPS) is 11.7. The summed E-state index contributed by atoms with van der Waals surface area (Å²) in [6, 6.07) is 0. The van der Waals surface area contributed by atoms with Crippen LogP contribution >= 0.6 is 0 Å². The van der Waals surface area contributed by atoms with Crippen LogP contribution in [0.5, 0.6) is 0 Å². The molecular weight excluding hydrogens is 749 g/mol. The number of rotatable bonds is 44. The lowest BCUT2D eigenvalue weighted by Crippen LogP contribution is -2.84. The monoisotopic (exact) mass is 849 g/mol. The number of carboxylic acids is 2. The van der Waals surface area contributed by atoms with Crippen molar-refractivity contribution in [3.05, 3.63) is 0 Å². The standard InChI is InChI=1S/2C22H47N.C4H6O7S/c2*1-3-5-7-9-11-13-15-17-19-21-23-22-20-18-16-14-12-10-8-6-4-2;5-3(6)1-2(4(7)8)12(9,10)11/h2*23H,3-22H2,1-2H3;2H,1H2,(H,5,6)(H,7,8)(H,9,10,11). The van der Waals surface area contributed by atoms with Crippen molar-refractivity contribution < 1.29 is 43.4 Å². The van der Waals surface area contributed by atoms with E-state index in [1.807, 2.05) is 0 Å². The van der Waals surface area contributed by atoms with Gasteiger partial charge in [0, 0.05) is 12.4 Å². The van der Waals surface area contributed by atoms with Crippen LogP contribution in [0.2, 0.25) is 0 Å². The summed E-state index contributed by atoms with van der Waals surface area (Å²) in [5.74, 6) is -4.08. The Bertz CT molecular complexity index is 838. The summed E-state index contributed by atoms with van der Waals surface area (Å²) in [4.78, 5) is 19.7. The van der Waals surface area contributed by atoms with Crippen LogP contribution in [0.1, 0.15) is 265 Å². The largest absolute Gasteiger partial charge is 0.550 e. The van der Waals surface area contributed by atoms with Gasteiger partial charge in [0.25, 0.3) is 10.1 Å². The van der Waals surface area contributed by atoms with Crippen molar-refractivity contribution in [2.45, 2.75) is 271 Å². The number of hydrogen-bond acceptors (Lipinski definition) is 6. The van der Waals surface area contributed by atoms with Crippen molar-refractivity contribution in [1.29, 1.82) is 0 Å². The van der Waals surface area contributed by atoms with Gasteiger partial charge in [0.05, 0.1) is 32.1 Å². The van der Waals surface area contributed by atoms with Crippen molar-refractivity contribution >= 4 is 22.1 Å². The quantitative estimate of drug-likeness (QED) is 0.0406. The minimum atomic E-state index is -4.94. The van der Waals surface area contributed by atoms with E-state index in [0.29, 0.717) is 0 Å². The molecule has 0 bridgehead atoms. The van der Waals surface area contributed by atoms with Gasteiger partial charge < -0.3 is 30.4 Å². The lowest BCUT2D eigenvalue weighted by atomic mass is 10.1. The Balaban J connectivity index is -0.000000823. The topological polar surface area (TPSA) is 168 Å². The Kier molecular flexibility index (Phi) is 54.7. The molecule has 0 heterocycles. The second-order valence-corrected chi connectivity index (χ2v) is 18.5. The van der Waals surface area contributed by atoms with Crippen molar-refractivity contribution in [2.75, 3.05) is 26.2 Å². The Morgan fingerprint density at radius 2 is 0.586 bits per heavy atom. The summed E-state index contributed by atoms with van der Waals surface area (Å²) in [5, 5.41) is 22.4. The summed E-state index contributed by atoms with van der Waals surface area (Å²) in [6.45, 7) is 14.7. The van der Waals surface area contributed by atoms with Crippen LogP contribution < -0.4 is 20.8 Å². The Morgan fingerprint density at radius 1 is 0.397 bits per heavy atom. The molecule has 0 spiro atoms. The maximum absolute atomic E-state index is 10.2. The number of carboxylic acid groups (broad SMARTS) is 2. The predicted molar refractivity (Wildman–Crippen MR) is 242 cm³/mol.